The summed E-state index contributed by atoms with van der Waals surface area (Å²) < 4.78 is 1.48. The first kappa shape index (κ1) is 13.0. The Hall–Kier alpha value is -1.43. The zero-order chi connectivity index (χ0) is 13.1. The summed E-state index contributed by atoms with van der Waals surface area (Å²) in [6, 6.07) is 3.63. The van der Waals surface area contributed by atoms with Crippen molar-refractivity contribution in [2.45, 2.75) is 19.0 Å². The molecule has 1 N–H and O–H groups in total. The molecule has 1 aliphatic heterocycles. The Morgan fingerprint density at radius 2 is 2.39 bits per heavy atom. The minimum absolute atomic E-state index is 0.103. The Balaban J connectivity index is 2.12. The zero-order valence-electron chi connectivity index (χ0n) is 10.2. The third-order valence-corrected chi connectivity index (χ3v) is 4.27. The van der Waals surface area contributed by atoms with Gasteiger partial charge in [0.05, 0.1) is 0 Å². The van der Waals surface area contributed by atoms with Gasteiger partial charge in [-0.3, -0.25) is 9.59 Å². The van der Waals surface area contributed by atoms with Crippen LogP contribution in [0.25, 0.3) is 0 Å². The molecule has 1 unspecified atom stereocenters. The second kappa shape index (κ2) is 5.48. The lowest BCUT2D eigenvalue weighted by molar-refractivity contribution is -0.137. The van der Waals surface area contributed by atoms with Crippen molar-refractivity contribution >= 4 is 23.6 Å². The van der Waals surface area contributed by atoms with E-state index in [0.717, 1.165) is 17.9 Å². The molecule has 0 bridgehead atoms. The molecular weight excluding hydrogens is 252 g/mol. The van der Waals surface area contributed by atoms with Crippen LogP contribution in [0.4, 0.5) is 0 Å². The maximum atomic E-state index is 12.3. The molecule has 5 nitrogen and oxygen atoms in total. The van der Waals surface area contributed by atoms with E-state index in [1.165, 1.54) is 4.57 Å². The molecule has 1 aromatic rings. The van der Waals surface area contributed by atoms with E-state index < -0.39 is 5.97 Å². The first-order chi connectivity index (χ1) is 8.59. The van der Waals surface area contributed by atoms with Gasteiger partial charge in [-0.15, -0.1) is 0 Å². The predicted octanol–water partition coefficient (Wildman–Crippen LogP) is 1.15. The Bertz CT molecular complexity index is 452. The van der Waals surface area contributed by atoms with Crippen LogP contribution in [0.3, 0.4) is 0 Å². The number of hydrogen-bond donors (Lipinski definition) is 1. The molecule has 0 radical (unpaired) electrons. The molecule has 1 atom stereocenters. The maximum Gasteiger partial charge on any atom is 0.323 e. The van der Waals surface area contributed by atoms with E-state index in [-0.39, 0.29) is 18.5 Å². The highest BCUT2D eigenvalue weighted by Gasteiger charge is 2.26. The van der Waals surface area contributed by atoms with Gasteiger partial charge in [0.1, 0.15) is 12.2 Å². The van der Waals surface area contributed by atoms with E-state index in [4.69, 9.17) is 5.11 Å². The summed E-state index contributed by atoms with van der Waals surface area (Å²) in [4.78, 5) is 24.7. The molecule has 1 aromatic heterocycles. The van der Waals surface area contributed by atoms with E-state index in [1.807, 2.05) is 11.8 Å². The van der Waals surface area contributed by atoms with Crippen LogP contribution < -0.4 is 0 Å². The highest BCUT2D eigenvalue weighted by Crippen LogP contribution is 2.22. The second-order valence-corrected chi connectivity index (χ2v) is 5.50. The third kappa shape index (κ3) is 2.69. The number of carbonyl (C=O) groups is 2. The molecule has 98 valence electrons. The smallest absolute Gasteiger partial charge is 0.323 e. The molecule has 2 rings (SSSR count). The summed E-state index contributed by atoms with van der Waals surface area (Å²) in [5.74, 6) is 0.994. The summed E-state index contributed by atoms with van der Waals surface area (Å²) >= 11 is 1.85. The summed E-state index contributed by atoms with van der Waals surface area (Å²) in [7, 11) is 1.79. The van der Waals surface area contributed by atoms with Crippen LogP contribution >= 0.6 is 11.8 Å². The number of amides is 1. The van der Waals surface area contributed by atoms with Gasteiger partial charge in [-0.25, -0.2) is 0 Å². The van der Waals surface area contributed by atoms with Crippen LogP contribution in [-0.4, -0.2) is 51.0 Å². The highest BCUT2D eigenvalue weighted by atomic mass is 32.2. The van der Waals surface area contributed by atoms with Crippen molar-refractivity contribution in [1.29, 1.82) is 0 Å². The fourth-order valence-electron chi connectivity index (χ4n) is 2.07. The first-order valence-corrected chi connectivity index (χ1v) is 6.97. The van der Waals surface area contributed by atoms with Gasteiger partial charge in [-0.2, -0.15) is 11.8 Å². The molecule has 0 aliphatic carbocycles. The van der Waals surface area contributed by atoms with Crippen LogP contribution in [0.15, 0.2) is 18.3 Å². The number of thioether (sulfide) groups is 1. The zero-order valence-corrected chi connectivity index (χ0v) is 11.0. The van der Waals surface area contributed by atoms with Gasteiger partial charge in [-0.1, -0.05) is 0 Å². The molecule has 1 fully saturated rings. The first-order valence-electron chi connectivity index (χ1n) is 5.81. The van der Waals surface area contributed by atoms with Crippen molar-refractivity contribution < 1.29 is 14.7 Å². The van der Waals surface area contributed by atoms with Crippen LogP contribution in [0.5, 0.6) is 0 Å². The average Bonchev–Trinajstić information content (AvgIpc) is 2.96. The summed E-state index contributed by atoms with van der Waals surface area (Å²) in [5.41, 5.74) is 0.441. The van der Waals surface area contributed by atoms with Crippen LogP contribution in [0.1, 0.15) is 16.9 Å². The number of carbonyl (C=O) groups excluding carboxylic acids is 1. The quantitative estimate of drug-likeness (QED) is 0.890. The molecule has 2 heterocycles. The minimum atomic E-state index is -0.945. The van der Waals surface area contributed by atoms with Crippen molar-refractivity contribution in [1.82, 2.24) is 9.47 Å². The number of aliphatic carboxylic acids is 1. The minimum Gasteiger partial charge on any atom is -0.480 e. The third-order valence-electron chi connectivity index (χ3n) is 3.13. The van der Waals surface area contributed by atoms with Crippen molar-refractivity contribution in [2.24, 2.45) is 0 Å². The average molecular weight is 268 g/mol. The number of carboxylic acids is 1. The summed E-state index contributed by atoms with van der Waals surface area (Å²) in [6.07, 6.45) is 2.63. The topological polar surface area (TPSA) is 62.5 Å². The molecule has 18 heavy (non-hydrogen) atoms. The molecule has 1 aliphatic rings. The van der Waals surface area contributed by atoms with E-state index in [0.29, 0.717) is 5.69 Å². The SMILES string of the molecule is CN(C(=O)c1cccn1CC(=O)O)C1CCSC1. The van der Waals surface area contributed by atoms with E-state index in [2.05, 4.69) is 0 Å². The number of carboxylic acid groups (broad SMARTS) is 1. The molecule has 0 spiro atoms. The molecule has 1 amide bonds. The maximum absolute atomic E-state index is 12.3. The van der Waals surface area contributed by atoms with E-state index in [9.17, 15) is 9.59 Å². The largest absolute Gasteiger partial charge is 0.480 e. The lowest BCUT2D eigenvalue weighted by Crippen LogP contribution is -2.38. The predicted molar refractivity (Wildman–Crippen MR) is 69.9 cm³/mol. The van der Waals surface area contributed by atoms with Gasteiger partial charge < -0.3 is 14.6 Å². The number of rotatable bonds is 4. The van der Waals surface area contributed by atoms with Crippen LogP contribution in [-0.2, 0) is 11.3 Å². The Morgan fingerprint density at radius 3 is 3.00 bits per heavy atom. The highest BCUT2D eigenvalue weighted by molar-refractivity contribution is 7.99. The van der Waals surface area contributed by atoms with E-state index >= 15 is 0 Å². The van der Waals surface area contributed by atoms with E-state index in [1.54, 1.807) is 30.3 Å². The summed E-state index contributed by atoms with van der Waals surface area (Å²) in [5, 5.41) is 8.79. The number of aromatic nitrogens is 1. The fraction of sp³-hybridized carbons (Fsp3) is 0.500. The Kier molecular flexibility index (Phi) is 3.96. The van der Waals surface area contributed by atoms with Gasteiger partial charge in [0, 0.05) is 25.0 Å². The van der Waals surface area contributed by atoms with Gasteiger partial charge in [0.2, 0.25) is 0 Å². The van der Waals surface area contributed by atoms with Gasteiger partial charge in [0.15, 0.2) is 0 Å². The van der Waals surface area contributed by atoms with Crippen LogP contribution in [0.2, 0.25) is 0 Å². The molecular formula is C12H16N2O3S. The molecule has 1 saturated heterocycles. The Labute approximate surface area is 110 Å². The summed E-state index contributed by atoms with van der Waals surface area (Å²) in [6.45, 7) is -0.179. The molecule has 0 saturated carbocycles. The van der Waals surface area contributed by atoms with Gasteiger partial charge in [-0.05, 0) is 24.3 Å². The molecule has 6 heteroatoms. The fourth-order valence-corrected chi connectivity index (χ4v) is 3.33. The monoisotopic (exact) mass is 268 g/mol. The van der Waals surface area contributed by atoms with Crippen molar-refractivity contribution in [3.8, 4) is 0 Å². The Morgan fingerprint density at radius 1 is 1.61 bits per heavy atom. The van der Waals surface area contributed by atoms with Crippen LogP contribution in [0, 0.1) is 0 Å². The number of hydrogen-bond acceptors (Lipinski definition) is 3. The lowest BCUT2D eigenvalue weighted by Gasteiger charge is -2.24. The second-order valence-electron chi connectivity index (χ2n) is 4.35. The standard InChI is InChI=1S/C12H16N2O3S/c1-13(9-4-6-18-8-9)12(17)10-3-2-5-14(10)7-11(15)16/h2-3,5,9H,4,6-8H2,1H3,(H,15,16). The molecule has 0 aromatic carbocycles. The van der Waals surface area contributed by atoms with Crippen molar-refractivity contribution in [3.05, 3.63) is 24.0 Å². The van der Waals surface area contributed by atoms with Gasteiger partial charge >= 0.3 is 5.97 Å². The van der Waals surface area contributed by atoms with Crippen molar-refractivity contribution in [3.63, 3.8) is 0 Å². The van der Waals surface area contributed by atoms with Crippen molar-refractivity contribution in [2.75, 3.05) is 18.6 Å². The number of nitrogens with zero attached hydrogens (tertiary/aromatic N) is 2. The lowest BCUT2D eigenvalue weighted by atomic mass is 10.2. The van der Waals surface area contributed by atoms with Gasteiger partial charge in [0.25, 0.3) is 5.91 Å². The normalized spacial score (nSPS) is 18.8.